The largest absolute Gasteiger partial charge is 0.388 e. The molecule has 10 heteroatoms. The maximum absolute atomic E-state index is 13.0. The Bertz CT molecular complexity index is 1390. The minimum atomic E-state index is -0.851. The minimum Gasteiger partial charge on any atom is -0.388 e. The molecule has 0 unspecified atom stereocenters. The number of carbonyl (C=O) groups is 2. The zero-order chi connectivity index (χ0) is 24.4. The van der Waals surface area contributed by atoms with Crippen LogP contribution in [0.25, 0.3) is 15.9 Å². The second-order valence-corrected chi connectivity index (χ2v) is 10.0. The number of fused-ring (bicyclic) bond motifs is 2. The number of nitrogens with one attached hydrogen (secondary N) is 3. The van der Waals surface area contributed by atoms with Crippen LogP contribution in [0.3, 0.4) is 0 Å². The molecule has 4 aromatic rings. The van der Waals surface area contributed by atoms with Gasteiger partial charge in [-0.05, 0) is 42.7 Å². The molecule has 35 heavy (non-hydrogen) atoms. The Morgan fingerprint density at radius 3 is 2.77 bits per heavy atom. The van der Waals surface area contributed by atoms with E-state index in [1.54, 1.807) is 34.1 Å². The zero-order valence-electron chi connectivity index (χ0n) is 19.5. The van der Waals surface area contributed by atoms with Gasteiger partial charge in [0.1, 0.15) is 11.3 Å². The van der Waals surface area contributed by atoms with Crippen LogP contribution in [0.15, 0.2) is 42.7 Å². The number of imidazole rings is 1. The summed E-state index contributed by atoms with van der Waals surface area (Å²) in [6.45, 7) is 0.564. The van der Waals surface area contributed by atoms with Gasteiger partial charge in [0.25, 0.3) is 11.8 Å². The molecule has 2 amide bonds. The first kappa shape index (κ1) is 23.3. The maximum Gasteiger partial charge on any atom is 0.270 e. The topological polar surface area (TPSA) is 121 Å². The van der Waals surface area contributed by atoms with E-state index in [1.165, 1.54) is 6.20 Å². The third kappa shape index (κ3) is 4.85. The Balaban J connectivity index is 1.28. The van der Waals surface area contributed by atoms with Gasteiger partial charge in [0, 0.05) is 26.3 Å². The van der Waals surface area contributed by atoms with E-state index in [0.29, 0.717) is 36.3 Å². The predicted octanol–water partition coefficient (Wildman–Crippen LogP) is 3.34. The number of pyridine rings is 1. The summed E-state index contributed by atoms with van der Waals surface area (Å²) in [6.07, 6.45) is 7.61. The average molecular weight is 493 g/mol. The maximum atomic E-state index is 13.0. The van der Waals surface area contributed by atoms with Gasteiger partial charge in [0.15, 0.2) is 5.13 Å². The van der Waals surface area contributed by atoms with Crippen LogP contribution in [0.4, 0.5) is 5.13 Å². The number of anilines is 1. The van der Waals surface area contributed by atoms with Crippen molar-refractivity contribution in [3.63, 3.8) is 0 Å². The quantitative estimate of drug-likeness (QED) is 0.314. The minimum absolute atomic E-state index is 0.207. The Morgan fingerprint density at radius 2 is 1.97 bits per heavy atom. The lowest BCUT2D eigenvalue weighted by molar-refractivity contribution is 0.00520. The van der Waals surface area contributed by atoms with Gasteiger partial charge in [-0.1, -0.05) is 36.7 Å². The molecule has 3 heterocycles. The van der Waals surface area contributed by atoms with Crippen LogP contribution in [-0.4, -0.2) is 50.5 Å². The van der Waals surface area contributed by atoms with Crippen LogP contribution >= 0.6 is 11.3 Å². The van der Waals surface area contributed by atoms with Crippen molar-refractivity contribution in [1.82, 2.24) is 25.0 Å². The lowest BCUT2D eigenvalue weighted by atomic mass is 9.85. The van der Waals surface area contributed by atoms with Crippen LogP contribution in [0.2, 0.25) is 0 Å². The van der Waals surface area contributed by atoms with Gasteiger partial charge in [-0.15, -0.1) is 0 Å². The van der Waals surface area contributed by atoms with E-state index in [1.807, 2.05) is 25.2 Å². The Morgan fingerprint density at radius 1 is 1.14 bits per heavy atom. The molecule has 1 aliphatic rings. The standard InChI is InChI=1S/C25H28N6O3S/c1-26-24-30-18-8-7-16(12-20(18)35-24)13-28-22(32)17-6-5-11-31-19(14-27-21(17)31)23(33)29-15-25(34)9-3-2-4-10-25/h5-8,11-12,14,34H,2-4,9-10,13,15H2,1H3,(H,26,30)(H,28,32)(H,29,33). The molecule has 1 aromatic carbocycles. The number of rotatable bonds is 7. The molecule has 0 saturated heterocycles. The van der Waals surface area contributed by atoms with E-state index < -0.39 is 5.60 Å². The van der Waals surface area contributed by atoms with E-state index in [2.05, 4.69) is 25.9 Å². The molecule has 1 fully saturated rings. The third-order valence-electron chi connectivity index (χ3n) is 6.50. The van der Waals surface area contributed by atoms with Crippen molar-refractivity contribution in [3.8, 4) is 0 Å². The number of nitrogens with zero attached hydrogens (tertiary/aromatic N) is 3. The first-order valence-corrected chi connectivity index (χ1v) is 12.6. The number of benzene rings is 1. The summed E-state index contributed by atoms with van der Waals surface area (Å²) >= 11 is 1.56. The smallest absolute Gasteiger partial charge is 0.270 e. The molecule has 182 valence electrons. The summed E-state index contributed by atoms with van der Waals surface area (Å²) in [4.78, 5) is 34.6. The number of hydrogen-bond acceptors (Lipinski definition) is 7. The second-order valence-electron chi connectivity index (χ2n) is 8.98. The van der Waals surface area contributed by atoms with E-state index in [4.69, 9.17) is 0 Å². The zero-order valence-corrected chi connectivity index (χ0v) is 20.3. The van der Waals surface area contributed by atoms with Gasteiger partial charge < -0.3 is 21.1 Å². The Kier molecular flexibility index (Phi) is 6.40. The van der Waals surface area contributed by atoms with Crippen molar-refractivity contribution in [2.45, 2.75) is 44.2 Å². The van der Waals surface area contributed by atoms with Crippen LogP contribution in [0.1, 0.15) is 58.5 Å². The van der Waals surface area contributed by atoms with Crippen LogP contribution < -0.4 is 16.0 Å². The molecule has 0 spiro atoms. The summed E-state index contributed by atoms with van der Waals surface area (Å²) in [5, 5.41) is 20.4. The van der Waals surface area contributed by atoms with Gasteiger partial charge >= 0.3 is 0 Å². The first-order chi connectivity index (χ1) is 17.0. The molecule has 5 rings (SSSR count). The molecule has 1 saturated carbocycles. The summed E-state index contributed by atoms with van der Waals surface area (Å²) in [5.41, 5.74) is 2.14. The number of aliphatic hydroxyl groups is 1. The van der Waals surface area contributed by atoms with Crippen molar-refractivity contribution >= 4 is 44.1 Å². The number of amides is 2. The van der Waals surface area contributed by atoms with Crippen LogP contribution in [0.5, 0.6) is 0 Å². The Hall–Kier alpha value is -3.50. The third-order valence-corrected chi connectivity index (χ3v) is 7.53. The SMILES string of the molecule is CNc1nc2ccc(CNC(=O)c3cccn4c(C(=O)NCC5(O)CCCCC5)cnc34)cc2s1. The van der Waals surface area contributed by atoms with Crippen LogP contribution in [-0.2, 0) is 6.54 Å². The average Bonchev–Trinajstić information content (AvgIpc) is 3.50. The molecule has 0 radical (unpaired) electrons. The molecule has 1 aliphatic carbocycles. The molecule has 0 aliphatic heterocycles. The van der Waals surface area contributed by atoms with E-state index in [0.717, 1.165) is 40.2 Å². The van der Waals surface area contributed by atoms with Gasteiger partial charge in [0.05, 0.1) is 27.6 Å². The van der Waals surface area contributed by atoms with Crippen molar-refractivity contribution in [3.05, 3.63) is 59.5 Å². The summed E-state index contributed by atoms with van der Waals surface area (Å²) in [6, 6.07) is 9.32. The van der Waals surface area contributed by atoms with E-state index >= 15 is 0 Å². The number of carbonyl (C=O) groups excluding carboxylic acids is 2. The molecular weight excluding hydrogens is 464 g/mol. The van der Waals surface area contributed by atoms with Gasteiger partial charge in [-0.25, -0.2) is 9.97 Å². The second kappa shape index (κ2) is 9.63. The fourth-order valence-electron chi connectivity index (χ4n) is 4.54. The molecular formula is C25H28N6O3S. The summed E-state index contributed by atoms with van der Waals surface area (Å²) in [5.74, 6) is -0.599. The van der Waals surface area contributed by atoms with Crippen molar-refractivity contribution in [2.75, 3.05) is 18.9 Å². The Labute approximate surface area is 206 Å². The van der Waals surface area contributed by atoms with Gasteiger partial charge in [0.2, 0.25) is 0 Å². The normalized spacial score (nSPS) is 15.3. The first-order valence-electron chi connectivity index (χ1n) is 11.8. The predicted molar refractivity (Wildman–Crippen MR) is 136 cm³/mol. The highest BCUT2D eigenvalue weighted by molar-refractivity contribution is 7.22. The van der Waals surface area contributed by atoms with Crippen molar-refractivity contribution < 1.29 is 14.7 Å². The molecule has 0 atom stereocenters. The van der Waals surface area contributed by atoms with Crippen molar-refractivity contribution in [1.29, 1.82) is 0 Å². The molecule has 4 N–H and O–H groups in total. The highest BCUT2D eigenvalue weighted by Gasteiger charge is 2.30. The molecule has 9 nitrogen and oxygen atoms in total. The van der Waals surface area contributed by atoms with Gasteiger partial charge in [-0.2, -0.15) is 0 Å². The molecule has 0 bridgehead atoms. The number of thiazole rings is 1. The monoisotopic (exact) mass is 492 g/mol. The number of hydrogen-bond donors (Lipinski definition) is 4. The van der Waals surface area contributed by atoms with Crippen molar-refractivity contribution in [2.24, 2.45) is 0 Å². The van der Waals surface area contributed by atoms with Gasteiger partial charge in [-0.3, -0.25) is 14.0 Å². The highest BCUT2D eigenvalue weighted by atomic mass is 32.1. The lowest BCUT2D eigenvalue weighted by Crippen LogP contribution is -2.44. The fraction of sp³-hybridized carbons (Fsp3) is 0.360. The molecule has 3 aromatic heterocycles. The lowest BCUT2D eigenvalue weighted by Gasteiger charge is -2.32. The summed E-state index contributed by atoms with van der Waals surface area (Å²) < 4.78 is 2.66. The van der Waals surface area contributed by atoms with E-state index in [9.17, 15) is 14.7 Å². The summed E-state index contributed by atoms with van der Waals surface area (Å²) in [7, 11) is 1.84. The van der Waals surface area contributed by atoms with E-state index in [-0.39, 0.29) is 18.4 Å². The fourth-order valence-corrected chi connectivity index (χ4v) is 5.42. The highest BCUT2D eigenvalue weighted by Crippen LogP contribution is 2.28. The van der Waals surface area contributed by atoms with Crippen LogP contribution in [0, 0.1) is 0 Å². The number of aromatic nitrogens is 3.